The second-order valence-electron chi connectivity index (χ2n) is 5.74. The van der Waals surface area contributed by atoms with Crippen molar-refractivity contribution in [2.24, 2.45) is 0 Å². The minimum absolute atomic E-state index is 0.181. The van der Waals surface area contributed by atoms with Crippen LogP contribution in [0.3, 0.4) is 0 Å². The molecule has 2 aliphatic rings. The van der Waals surface area contributed by atoms with Crippen LogP contribution < -0.4 is 0 Å². The normalized spacial score (nSPS) is 34.3. The number of hydrogen-bond donors (Lipinski definition) is 0. The molecule has 0 saturated carbocycles. The molecule has 2 rings (SSSR count). The van der Waals surface area contributed by atoms with Gasteiger partial charge in [0.1, 0.15) is 0 Å². The molecule has 4 heteroatoms. The summed E-state index contributed by atoms with van der Waals surface area (Å²) in [6.45, 7) is 9.73. The highest BCUT2D eigenvalue weighted by Crippen LogP contribution is 2.27. The van der Waals surface area contributed by atoms with E-state index in [2.05, 4.69) is 6.58 Å². The molecule has 2 heterocycles. The highest BCUT2D eigenvalue weighted by atomic mass is 16.7. The second kappa shape index (κ2) is 6.84. The first kappa shape index (κ1) is 15.0. The lowest BCUT2D eigenvalue weighted by molar-refractivity contribution is -0.142. The summed E-state index contributed by atoms with van der Waals surface area (Å²) < 4.78 is 23.0. The molecule has 2 aliphatic heterocycles. The smallest absolute Gasteiger partial charge is 0.163 e. The lowest BCUT2D eigenvalue weighted by Crippen LogP contribution is -2.37. The summed E-state index contributed by atoms with van der Waals surface area (Å²) in [7, 11) is 0. The van der Waals surface area contributed by atoms with Gasteiger partial charge in [-0.15, -0.1) is 6.58 Å². The summed E-state index contributed by atoms with van der Waals surface area (Å²) in [5.41, 5.74) is 0. The van der Waals surface area contributed by atoms with E-state index < -0.39 is 5.79 Å². The van der Waals surface area contributed by atoms with Crippen molar-refractivity contribution >= 4 is 0 Å². The van der Waals surface area contributed by atoms with Crippen LogP contribution in [0, 0.1) is 0 Å². The fourth-order valence-corrected chi connectivity index (χ4v) is 2.72. The molecule has 19 heavy (non-hydrogen) atoms. The van der Waals surface area contributed by atoms with Gasteiger partial charge >= 0.3 is 0 Å². The third kappa shape index (κ3) is 4.56. The maximum Gasteiger partial charge on any atom is 0.163 e. The average molecular weight is 270 g/mol. The Bertz CT molecular complexity index is 290. The summed E-state index contributed by atoms with van der Waals surface area (Å²) >= 11 is 0. The van der Waals surface area contributed by atoms with Gasteiger partial charge in [0.25, 0.3) is 0 Å². The molecule has 0 radical (unpaired) electrons. The highest BCUT2D eigenvalue weighted by molar-refractivity contribution is 4.80. The van der Waals surface area contributed by atoms with Gasteiger partial charge in [-0.2, -0.15) is 0 Å². The van der Waals surface area contributed by atoms with Crippen molar-refractivity contribution in [3.63, 3.8) is 0 Å². The molecule has 110 valence electrons. The van der Waals surface area contributed by atoms with Gasteiger partial charge in [0, 0.05) is 6.61 Å². The fraction of sp³-hybridized carbons (Fsp3) is 0.867. The molecule has 0 aromatic rings. The summed E-state index contributed by atoms with van der Waals surface area (Å²) in [5, 5.41) is 0. The van der Waals surface area contributed by atoms with Crippen LogP contribution in [0.15, 0.2) is 12.7 Å². The Kier molecular flexibility index (Phi) is 5.39. The third-order valence-corrected chi connectivity index (χ3v) is 3.65. The molecule has 3 atom stereocenters. The minimum atomic E-state index is -0.434. The maximum atomic E-state index is 5.84. The molecule has 0 aliphatic carbocycles. The van der Waals surface area contributed by atoms with E-state index in [1.807, 2.05) is 13.8 Å². The van der Waals surface area contributed by atoms with E-state index in [4.69, 9.17) is 18.9 Å². The monoisotopic (exact) mass is 270 g/mol. The third-order valence-electron chi connectivity index (χ3n) is 3.65. The first-order valence-electron chi connectivity index (χ1n) is 7.26. The van der Waals surface area contributed by atoms with Crippen LogP contribution in [0.1, 0.15) is 39.5 Å². The molecule has 0 spiro atoms. The average Bonchev–Trinajstić information content (AvgIpc) is 2.74. The molecule has 1 unspecified atom stereocenters. The molecule has 0 bridgehead atoms. The summed E-state index contributed by atoms with van der Waals surface area (Å²) in [5.74, 6) is -0.434. The lowest BCUT2D eigenvalue weighted by Gasteiger charge is -2.32. The number of rotatable bonds is 6. The van der Waals surface area contributed by atoms with Crippen molar-refractivity contribution < 1.29 is 18.9 Å². The van der Waals surface area contributed by atoms with Gasteiger partial charge in [-0.1, -0.05) is 6.08 Å². The quantitative estimate of drug-likeness (QED) is 0.695. The van der Waals surface area contributed by atoms with Gasteiger partial charge in [0.15, 0.2) is 5.79 Å². The second-order valence-corrected chi connectivity index (χ2v) is 5.74. The van der Waals surface area contributed by atoms with E-state index in [1.165, 1.54) is 0 Å². The van der Waals surface area contributed by atoms with Gasteiger partial charge in [0.05, 0.1) is 31.5 Å². The zero-order chi connectivity index (χ0) is 13.7. The van der Waals surface area contributed by atoms with Crippen molar-refractivity contribution in [3.8, 4) is 0 Å². The van der Waals surface area contributed by atoms with Crippen LogP contribution in [0.2, 0.25) is 0 Å². The Morgan fingerprint density at radius 2 is 2.21 bits per heavy atom. The molecule has 0 amide bonds. The SMILES string of the molecule is C=CCO[C@H]1CCCO[C@@H]1CCC1COC(C)(C)O1. The predicted molar refractivity (Wildman–Crippen MR) is 73.0 cm³/mol. The summed E-state index contributed by atoms with van der Waals surface area (Å²) in [4.78, 5) is 0. The molecule has 2 saturated heterocycles. The Morgan fingerprint density at radius 1 is 1.37 bits per heavy atom. The van der Waals surface area contributed by atoms with Crippen molar-refractivity contribution in [2.75, 3.05) is 19.8 Å². The summed E-state index contributed by atoms with van der Waals surface area (Å²) in [6, 6.07) is 0. The van der Waals surface area contributed by atoms with Crippen LogP contribution >= 0.6 is 0 Å². The first-order chi connectivity index (χ1) is 9.11. The first-order valence-corrected chi connectivity index (χ1v) is 7.26. The highest BCUT2D eigenvalue weighted by Gasteiger charge is 2.34. The number of hydrogen-bond acceptors (Lipinski definition) is 4. The molecular weight excluding hydrogens is 244 g/mol. The molecular formula is C15H26O4. The predicted octanol–water partition coefficient (Wildman–Crippen LogP) is 2.67. The Labute approximate surface area is 116 Å². The van der Waals surface area contributed by atoms with E-state index in [1.54, 1.807) is 6.08 Å². The van der Waals surface area contributed by atoms with Crippen molar-refractivity contribution in [1.82, 2.24) is 0 Å². The Hall–Kier alpha value is -0.420. The van der Waals surface area contributed by atoms with Crippen LogP contribution in [0.25, 0.3) is 0 Å². The van der Waals surface area contributed by atoms with Crippen molar-refractivity contribution in [3.05, 3.63) is 12.7 Å². The van der Waals surface area contributed by atoms with E-state index in [9.17, 15) is 0 Å². The standard InChI is InChI=1S/C15H26O4/c1-4-9-16-13-6-5-10-17-14(13)8-7-12-11-18-15(2,3)19-12/h4,12-14H,1,5-11H2,2-3H3/t12?,13-,14+/m0/s1. The molecule has 4 nitrogen and oxygen atoms in total. The topological polar surface area (TPSA) is 36.9 Å². The van der Waals surface area contributed by atoms with Gasteiger partial charge in [-0.3, -0.25) is 0 Å². The largest absolute Gasteiger partial charge is 0.376 e. The molecule has 0 N–H and O–H groups in total. The fourth-order valence-electron chi connectivity index (χ4n) is 2.72. The van der Waals surface area contributed by atoms with Crippen molar-refractivity contribution in [1.29, 1.82) is 0 Å². The van der Waals surface area contributed by atoms with Crippen LogP contribution in [-0.2, 0) is 18.9 Å². The van der Waals surface area contributed by atoms with Gasteiger partial charge in [-0.05, 0) is 39.5 Å². The zero-order valence-electron chi connectivity index (χ0n) is 12.1. The van der Waals surface area contributed by atoms with Gasteiger partial charge in [-0.25, -0.2) is 0 Å². The molecule has 0 aromatic carbocycles. The lowest BCUT2D eigenvalue weighted by atomic mass is 9.99. The van der Waals surface area contributed by atoms with Crippen LogP contribution in [0.4, 0.5) is 0 Å². The maximum absolute atomic E-state index is 5.84. The zero-order valence-corrected chi connectivity index (χ0v) is 12.1. The summed E-state index contributed by atoms with van der Waals surface area (Å²) in [6.07, 6.45) is 6.43. The van der Waals surface area contributed by atoms with E-state index >= 15 is 0 Å². The molecule has 0 aromatic heterocycles. The Morgan fingerprint density at radius 3 is 2.89 bits per heavy atom. The van der Waals surface area contributed by atoms with Crippen LogP contribution in [-0.4, -0.2) is 43.9 Å². The van der Waals surface area contributed by atoms with E-state index in [0.29, 0.717) is 13.2 Å². The Balaban J connectivity index is 1.75. The van der Waals surface area contributed by atoms with Crippen molar-refractivity contribution in [2.45, 2.75) is 63.6 Å². The number of ether oxygens (including phenoxy) is 4. The van der Waals surface area contributed by atoms with E-state index in [0.717, 1.165) is 32.3 Å². The molecule has 2 fully saturated rings. The van der Waals surface area contributed by atoms with Gasteiger partial charge < -0.3 is 18.9 Å². The van der Waals surface area contributed by atoms with E-state index in [-0.39, 0.29) is 18.3 Å². The minimum Gasteiger partial charge on any atom is -0.376 e. The van der Waals surface area contributed by atoms with Crippen LogP contribution in [0.5, 0.6) is 0 Å². The van der Waals surface area contributed by atoms with Gasteiger partial charge in [0.2, 0.25) is 0 Å².